The number of hydrogen-bond donors (Lipinski definition) is 2. The van der Waals surface area contributed by atoms with Gasteiger partial charge in [-0.1, -0.05) is 31.2 Å². The normalized spacial score (nSPS) is 11.6. The third kappa shape index (κ3) is 4.06. The minimum atomic E-state index is -0.896. The van der Waals surface area contributed by atoms with Crippen LogP contribution in [0.25, 0.3) is 0 Å². The van der Waals surface area contributed by atoms with E-state index in [9.17, 15) is 14.0 Å². The van der Waals surface area contributed by atoms with Crippen molar-refractivity contribution in [2.75, 3.05) is 5.32 Å². The van der Waals surface area contributed by atoms with Gasteiger partial charge >= 0.3 is 0 Å². The van der Waals surface area contributed by atoms with E-state index >= 15 is 0 Å². The first kappa shape index (κ1) is 16.5. The van der Waals surface area contributed by atoms with Crippen molar-refractivity contribution in [3.8, 4) is 5.75 Å². The Hall–Kier alpha value is -2.89. The van der Waals surface area contributed by atoms with E-state index in [4.69, 9.17) is 10.5 Å². The Kier molecular flexibility index (Phi) is 5.30. The number of nitrogens with two attached hydrogens (primary N) is 1. The number of nitrogens with one attached hydrogen (secondary N) is 1. The number of amides is 2. The van der Waals surface area contributed by atoms with E-state index in [1.54, 1.807) is 31.2 Å². The summed E-state index contributed by atoms with van der Waals surface area (Å²) in [5.74, 6) is -1.68. The number of para-hydroxylation sites is 2. The number of hydrogen-bond acceptors (Lipinski definition) is 3. The van der Waals surface area contributed by atoms with Crippen LogP contribution in [0.4, 0.5) is 10.1 Å². The molecule has 1 atom stereocenters. The van der Waals surface area contributed by atoms with E-state index in [1.807, 2.05) is 0 Å². The Morgan fingerprint density at radius 3 is 2.48 bits per heavy atom. The highest BCUT2D eigenvalue weighted by atomic mass is 19.1. The fraction of sp³-hybridized carbons (Fsp3) is 0.176. The lowest BCUT2D eigenvalue weighted by molar-refractivity contribution is -0.122. The highest BCUT2D eigenvalue weighted by Gasteiger charge is 2.21. The van der Waals surface area contributed by atoms with Gasteiger partial charge in [0.1, 0.15) is 0 Å². The molecule has 2 aromatic carbocycles. The second-order valence-corrected chi connectivity index (χ2v) is 4.84. The van der Waals surface area contributed by atoms with E-state index in [2.05, 4.69) is 5.32 Å². The molecule has 23 heavy (non-hydrogen) atoms. The Bertz CT molecular complexity index is 718. The molecule has 3 N–H and O–H groups in total. The van der Waals surface area contributed by atoms with Crippen LogP contribution in [0.5, 0.6) is 5.75 Å². The molecule has 0 bridgehead atoms. The maximum absolute atomic E-state index is 13.6. The molecule has 0 spiro atoms. The zero-order chi connectivity index (χ0) is 16.8. The Balaban J connectivity index is 2.15. The van der Waals surface area contributed by atoms with E-state index in [0.717, 1.165) is 0 Å². The van der Waals surface area contributed by atoms with Gasteiger partial charge in [-0.15, -0.1) is 0 Å². The Morgan fingerprint density at radius 1 is 1.17 bits per heavy atom. The van der Waals surface area contributed by atoms with E-state index in [-0.39, 0.29) is 11.3 Å². The minimum Gasteiger partial charge on any atom is -0.478 e. The van der Waals surface area contributed by atoms with Gasteiger partial charge in [-0.05, 0) is 30.7 Å². The van der Waals surface area contributed by atoms with Gasteiger partial charge in [0.25, 0.3) is 11.8 Å². The molecule has 0 fully saturated rings. The molecule has 0 saturated carbocycles. The largest absolute Gasteiger partial charge is 0.478 e. The van der Waals surface area contributed by atoms with Crippen LogP contribution in [0.2, 0.25) is 0 Å². The number of benzene rings is 2. The lowest BCUT2D eigenvalue weighted by Gasteiger charge is -2.18. The second kappa shape index (κ2) is 7.40. The fourth-order valence-electron chi connectivity index (χ4n) is 2.04. The van der Waals surface area contributed by atoms with Crippen LogP contribution in [-0.4, -0.2) is 17.9 Å². The highest BCUT2D eigenvalue weighted by molar-refractivity contribution is 6.04. The van der Waals surface area contributed by atoms with Gasteiger partial charge in [0.2, 0.25) is 0 Å². The van der Waals surface area contributed by atoms with Crippen molar-refractivity contribution in [1.29, 1.82) is 0 Å². The average molecular weight is 316 g/mol. The molecule has 2 aromatic rings. The molecular formula is C17H17FN2O3. The minimum absolute atomic E-state index is 0.00214. The average Bonchev–Trinajstić information content (AvgIpc) is 2.54. The topological polar surface area (TPSA) is 81.4 Å². The number of rotatable bonds is 6. The van der Waals surface area contributed by atoms with Crippen molar-refractivity contribution in [2.45, 2.75) is 19.4 Å². The van der Waals surface area contributed by atoms with Crippen molar-refractivity contribution in [3.05, 3.63) is 59.9 Å². The summed E-state index contributed by atoms with van der Waals surface area (Å²) in [5.41, 5.74) is 5.76. The smallest absolute Gasteiger partial charge is 0.265 e. The summed E-state index contributed by atoms with van der Waals surface area (Å²) in [5, 5.41) is 2.60. The van der Waals surface area contributed by atoms with Crippen molar-refractivity contribution >= 4 is 17.5 Å². The van der Waals surface area contributed by atoms with Crippen LogP contribution >= 0.6 is 0 Å². The van der Waals surface area contributed by atoms with E-state index in [1.165, 1.54) is 24.3 Å². The predicted octanol–water partition coefficient (Wildman–Crippen LogP) is 2.72. The first-order chi connectivity index (χ1) is 11.0. The molecule has 0 radical (unpaired) electrons. The van der Waals surface area contributed by atoms with Gasteiger partial charge in [-0.3, -0.25) is 9.59 Å². The molecule has 0 aliphatic carbocycles. The Labute approximate surface area is 133 Å². The Morgan fingerprint density at radius 2 is 1.83 bits per heavy atom. The number of carbonyl (C=O) groups excluding carboxylic acids is 2. The first-order valence-electron chi connectivity index (χ1n) is 7.13. The van der Waals surface area contributed by atoms with Crippen LogP contribution in [0.15, 0.2) is 48.5 Å². The van der Waals surface area contributed by atoms with Crippen molar-refractivity contribution < 1.29 is 18.7 Å². The maximum atomic E-state index is 13.6. The van der Waals surface area contributed by atoms with Gasteiger partial charge in [0.15, 0.2) is 17.7 Å². The summed E-state index contributed by atoms with van der Waals surface area (Å²) >= 11 is 0. The molecule has 2 rings (SSSR count). The number of anilines is 1. The number of ether oxygens (including phenoxy) is 1. The summed E-state index contributed by atoms with van der Waals surface area (Å²) in [6.45, 7) is 1.74. The number of halogens is 1. The zero-order valence-corrected chi connectivity index (χ0v) is 12.6. The zero-order valence-electron chi connectivity index (χ0n) is 12.6. The third-order valence-corrected chi connectivity index (χ3v) is 3.22. The molecule has 0 aliphatic heterocycles. The van der Waals surface area contributed by atoms with Crippen molar-refractivity contribution in [3.63, 3.8) is 0 Å². The van der Waals surface area contributed by atoms with Crippen molar-refractivity contribution in [2.24, 2.45) is 5.73 Å². The molecule has 1 unspecified atom stereocenters. The summed E-state index contributed by atoms with van der Waals surface area (Å²) < 4.78 is 19.1. The van der Waals surface area contributed by atoms with Crippen LogP contribution in [0.1, 0.15) is 23.7 Å². The molecule has 5 nitrogen and oxygen atoms in total. The molecule has 6 heteroatoms. The predicted molar refractivity (Wildman–Crippen MR) is 84.7 cm³/mol. The highest BCUT2D eigenvalue weighted by Crippen LogP contribution is 2.20. The SMILES string of the molecule is CCC(Oc1ccccc1F)C(=O)Nc1ccccc1C(N)=O. The second-order valence-electron chi connectivity index (χ2n) is 4.84. The maximum Gasteiger partial charge on any atom is 0.265 e. The van der Waals surface area contributed by atoms with E-state index in [0.29, 0.717) is 12.1 Å². The van der Waals surface area contributed by atoms with Gasteiger partial charge in [0.05, 0.1) is 11.3 Å². The van der Waals surface area contributed by atoms with Crippen LogP contribution in [0.3, 0.4) is 0 Å². The number of carbonyl (C=O) groups is 2. The van der Waals surface area contributed by atoms with Crippen molar-refractivity contribution in [1.82, 2.24) is 0 Å². The first-order valence-corrected chi connectivity index (χ1v) is 7.13. The van der Waals surface area contributed by atoms with Crippen LogP contribution in [0, 0.1) is 5.82 Å². The molecule has 2 amide bonds. The molecule has 120 valence electrons. The quantitative estimate of drug-likeness (QED) is 0.859. The molecule has 0 aromatic heterocycles. The third-order valence-electron chi connectivity index (χ3n) is 3.22. The number of primary amides is 1. The molecule has 0 aliphatic rings. The molecule has 0 heterocycles. The summed E-state index contributed by atoms with van der Waals surface area (Å²) in [6, 6.07) is 12.2. The standard InChI is InChI=1S/C17H17FN2O3/c1-2-14(23-15-10-6-4-8-12(15)18)17(22)20-13-9-5-3-7-11(13)16(19)21/h3-10,14H,2H2,1H3,(H2,19,21)(H,20,22). The van der Waals surface area contributed by atoms with Gasteiger partial charge in [0, 0.05) is 0 Å². The van der Waals surface area contributed by atoms with E-state index < -0.39 is 23.7 Å². The van der Waals surface area contributed by atoms with Crippen LogP contribution in [-0.2, 0) is 4.79 Å². The fourth-order valence-corrected chi connectivity index (χ4v) is 2.04. The lowest BCUT2D eigenvalue weighted by atomic mass is 10.1. The lowest BCUT2D eigenvalue weighted by Crippen LogP contribution is -2.33. The molecule has 0 saturated heterocycles. The van der Waals surface area contributed by atoms with Crippen LogP contribution < -0.4 is 15.8 Å². The summed E-state index contributed by atoms with van der Waals surface area (Å²) in [6.07, 6.45) is -0.563. The summed E-state index contributed by atoms with van der Waals surface area (Å²) in [7, 11) is 0. The summed E-state index contributed by atoms with van der Waals surface area (Å²) in [4.78, 5) is 23.7. The monoisotopic (exact) mass is 316 g/mol. The molecular weight excluding hydrogens is 299 g/mol. The van der Waals surface area contributed by atoms with Gasteiger partial charge < -0.3 is 15.8 Å². The van der Waals surface area contributed by atoms with Gasteiger partial charge in [-0.25, -0.2) is 4.39 Å². The van der Waals surface area contributed by atoms with Gasteiger partial charge in [-0.2, -0.15) is 0 Å².